The maximum Gasteiger partial charge on any atom is 0.127 e. The molecule has 0 saturated carbocycles. The van der Waals surface area contributed by atoms with Gasteiger partial charge in [0.25, 0.3) is 0 Å². The first-order valence-corrected chi connectivity index (χ1v) is 7.38. The average molecular weight is 301 g/mol. The van der Waals surface area contributed by atoms with Crippen LogP contribution in [0.4, 0.5) is 4.39 Å². The van der Waals surface area contributed by atoms with E-state index in [4.69, 9.17) is 22.2 Å². The fraction of sp³-hybridized carbons (Fsp3) is 0.600. The van der Waals surface area contributed by atoms with E-state index < -0.39 is 0 Å². The van der Waals surface area contributed by atoms with Gasteiger partial charge in [-0.3, -0.25) is 11.3 Å². The molecule has 0 radical (unpaired) electrons. The summed E-state index contributed by atoms with van der Waals surface area (Å²) in [7, 11) is 0. The van der Waals surface area contributed by atoms with Crippen molar-refractivity contribution in [2.45, 2.75) is 45.4 Å². The highest BCUT2D eigenvalue weighted by Gasteiger charge is 2.41. The third-order valence-electron chi connectivity index (χ3n) is 4.48. The first-order valence-electron chi connectivity index (χ1n) is 7.00. The lowest BCUT2D eigenvalue weighted by Gasteiger charge is -2.28. The molecule has 1 aliphatic heterocycles. The number of benzene rings is 1. The molecule has 20 heavy (non-hydrogen) atoms. The maximum absolute atomic E-state index is 13.9. The van der Waals surface area contributed by atoms with Crippen molar-refractivity contribution < 1.29 is 9.13 Å². The second-order valence-corrected chi connectivity index (χ2v) is 6.07. The van der Waals surface area contributed by atoms with Crippen LogP contribution >= 0.6 is 11.6 Å². The van der Waals surface area contributed by atoms with Crippen molar-refractivity contribution in [3.8, 4) is 0 Å². The largest absolute Gasteiger partial charge is 0.375 e. The number of nitrogens with two attached hydrogens (primary N) is 1. The fourth-order valence-electron chi connectivity index (χ4n) is 3.24. The second kappa shape index (κ2) is 6.39. The van der Waals surface area contributed by atoms with Gasteiger partial charge < -0.3 is 4.74 Å². The van der Waals surface area contributed by atoms with Crippen LogP contribution in [-0.4, -0.2) is 18.2 Å². The Morgan fingerprint density at radius 3 is 2.55 bits per heavy atom. The minimum absolute atomic E-state index is 0.0700. The maximum atomic E-state index is 13.9. The topological polar surface area (TPSA) is 47.3 Å². The number of ether oxygens (including phenoxy) is 1. The quantitative estimate of drug-likeness (QED) is 0.664. The Hall–Kier alpha value is -0.680. The zero-order valence-electron chi connectivity index (χ0n) is 12.1. The van der Waals surface area contributed by atoms with Crippen LogP contribution in [0.15, 0.2) is 18.2 Å². The lowest BCUT2D eigenvalue weighted by molar-refractivity contribution is 0.0475. The van der Waals surface area contributed by atoms with Crippen molar-refractivity contribution in [1.82, 2.24) is 5.43 Å². The lowest BCUT2D eigenvalue weighted by atomic mass is 9.81. The Bertz CT molecular complexity index is 451. The summed E-state index contributed by atoms with van der Waals surface area (Å²) in [5.41, 5.74) is 3.33. The normalized spacial score (nSPS) is 31.5. The van der Waals surface area contributed by atoms with Crippen LogP contribution in [0.2, 0.25) is 5.02 Å². The standard InChI is InChI=1S/C15H22ClFN2O/c1-8-9(2)20-10(3)15(8)14(19-18)7-11-12(16)5-4-6-13(11)17/h4-6,8-10,14-15,19H,7,18H2,1-3H3. The van der Waals surface area contributed by atoms with E-state index in [1.54, 1.807) is 12.1 Å². The second-order valence-electron chi connectivity index (χ2n) is 5.66. The van der Waals surface area contributed by atoms with Gasteiger partial charge in [0.15, 0.2) is 0 Å². The van der Waals surface area contributed by atoms with Gasteiger partial charge in [-0.25, -0.2) is 4.39 Å². The molecule has 1 aromatic rings. The van der Waals surface area contributed by atoms with Crippen molar-refractivity contribution in [2.24, 2.45) is 17.7 Å². The van der Waals surface area contributed by atoms with Gasteiger partial charge in [0, 0.05) is 22.5 Å². The van der Waals surface area contributed by atoms with E-state index in [0.29, 0.717) is 22.9 Å². The van der Waals surface area contributed by atoms with Gasteiger partial charge in [-0.1, -0.05) is 24.6 Å². The minimum atomic E-state index is -0.287. The van der Waals surface area contributed by atoms with E-state index in [1.807, 2.05) is 6.92 Å². The Balaban J connectivity index is 2.21. The third-order valence-corrected chi connectivity index (χ3v) is 4.84. The van der Waals surface area contributed by atoms with Gasteiger partial charge in [0.2, 0.25) is 0 Å². The van der Waals surface area contributed by atoms with Crippen molar-refractivity contribution in [3.63, 3.8) is 0 Å². The lowest BCUT2D eigenvalue weighted by Crippen LogP contribution is -2.47. The molecule has 0 aliphatic carbocycles. The van der Waals surface area contributed by atoms with Gasteiger partial charge >= 0.3 is 0 Å². The van der Waals surface area contributed by atoms with E-state index in [9.17, 15) is 4.39 Å². The molecule has 1 heterocycles. The summed E-state index contributed by atoms with van der Waals surface area (Å²) in [6.45, 7) is 6.24. The Morgan fingerprint density at radius 1 is 1.35 bits per heavy atom. The molecule has 0 bridgehead atoms. The molecular weight excluding hydrogens is 279 g/mol. The van der Waals surface area contributed by atoms with Crippen molar-refractivity contribution in [1.29, 1.82) is 0 Å². The van der Waals surface area contributed by atoms with Gasteiger partial charge in [0.1, 0.15) is 5.82 Å². The first-order chi connectivity index (χ1) is 9.45. The van der Waals surface area contributed by atoms with Crippen LogP contribution in [-0.2, 0) is 11.2 Å². The monoisotopic (exact) mass is 300 g/mol. The van der Waals surface area contributed by atoms with E-state index in [-0.39, 0.29) is 30.0 Å². The number of hydrogen-bond acceptors (Lipinski definition) is 3. The number of halogens is 2. The molecule has 1 fully saturated rings. The van der Waals surface area contributed by atoms with E-state index >= 15 is 0 Å². The summed E-state index contributed by atoms with van der Waals surface area (Å²) >= 11 is 6.10. The Labute approximate surface area is 124 Å². The molecule has 3 nitrogen and oxygen atoms in total. The molecule has 5 atom stereocenters. The summed E-state index contributed by atoms with van der Waals surface area (Å²) in [5.74, 6) is 6.00. The predicted octanol–water partition coefficient (Wildman–Crippen LogP) is 2.91. The fourth-order valence-corrected chi connectivity index (χ4v) is 3.48. The van der Waals surface area contributed by atoms with Crippen LogP contribution in [0.5, 0.6) is 0 Å². The first kappa shape index (κ1) is 15.7. The number of nitrogens with one attached hydrogen (secondary N) is 1. The molecule has 2 rings (SSSR count). The summed E-state index contributed by atoms with van der Waals surface area (Å²) in [5, 5.41) is 0.442. The third kappa shape index (κ3) is 2.98. The molecule has 1 aliphatic rings. The van der Waals surface area contributed by atoms with Crippen LogP contribution in [0.25, 0.3) is 0 Å². The van der Waals surface area contributed by atoms with Crippen molar-refractivity contribution in [2.75, 3.05) is 0 Å². The van der Waals surface area contributed by atoms with Crippen LogP contribution < -0.4 is 11.3 Å². The predicted molar refractivity (Wildman–Crippen MR) is 78.9 cm³/mol. The van der Waals surface area contributed by atoms with Gasteiger partial charge in [-0.2, -0.15) is 0 Å². The summed E-state index contributed by atoms with van der Waals surface area (Å²) < 4.78 is 19.8. The van der Waals surface area contributed by atoms with Crippen LogP contribution in [0.3, 0.4) is 0 Å². The molecule has 0 aromatic heterocycles. The highest BCUT2D eigenvalue weighted by molar-refractivity contribution is 6.31. The molecule has 1 saturated heterocycles. The smallest absolute Gasteiger partial charge is 0.127 e. The summed E-state index contributed by atoms with van der Waals surface area (Å²) in [6, 6.07) is 4.67. The van der Waals surface area contributed by atoms with Gasteiger partial charge in [0.05, 0.1) is 12.2 Å². The highest BCUT2D eigenvalue weighted by atomic mass is 35.5. The number of hydrogen-bond donors (Lipinski definition) is 2. The molecule has 3 N–H and O–H groups in total. The SMILES string of the molecule is CC1OC(C)C(C(Cc2c(F)cccc2Cl)NN)C1C. The van der Waals surface area contributed by atoms with Crippen molar-refractivity contribution >= 4 is 11.6 Å². The number of rotatable bonds is 4. The average Bonchev–Trinajstić information content (AvgIpc) is 2.64. The Kier molecular flexibility index (Phi) is 5.02. The molecule has 0 amide bonds. The molecular formula is C15H22ClFN2O. The summed E-state index contributed by atoms with van der Waals surface area (Å²) in [6.07, 6.45) is 0.728. The van der Waals surface area contributed by atoms with E-state index in [2.05, 4.69) is 19.3 Å². The van der Waals surface area contributed by atoms with Gasteiger partial charge in [-0.15, -0.1) is 0 Å². The summed E-state index contributed by atoms with van der Waals surface area (Å²) in [4.78, 5) is 0. The van der Waals surface area contributed by atoms with Crippen molar-refractivity contribution in [3.05, 3.63) is 34.6 Å². The molecule has 5 unspecified atom stereocenters. The number of hydrazine groups is 1. The van der Waals surface area contributed by atoms with E-state index in [0.717, 1.165) is 0 Å². The van der Waals surface area contributed by atoms with E-state index in [1.165, 1.54) is 6.07 Å². The molecule has 112 valence electrons. The zero-order chi connectivity index (χ0) is 14.9. The molecule has 0 spiro atoms. The molecule has 1 aromatic carbocycles. The van der Waals surface area contributed by atoms with Crippen LogP contribution in [0, 0.1) is 17.7 Å². The van der Waals surface area contributed by atoms with Gasteiger partial charge in [-0.05, 0) is 38.3 Å². The highest BCUT2D eigenvalue weighted by Crippen LogP contribution is 2.36. The minimum Gasteiger partial charge on any atom is -0.375 e. The Morgan fingerprint density at radius 2 is 2.05 bits per heavy atom. The zero-order valence-corrected chi connectivity index (χ0v) is 12.8. The molecule has 5 heteroatoms. The van der Waals surface area contributed by atoms with Crippen LogP contribution in [0.1, 0.15) is 26.3 Å².